The Morgan fingerprint density at radius 3 is 2.46 bits per heavy atom. The van der Waals surface area contributed by atoms with E-state index in [9.17, 15) is 0 Å². The monoisotopic (exact) mass is 178 g/mol. The van der Waals surface area contributed by atoms with Gasteiger partial charge in [-0.05, 0) is 6.92 Å². The van der Waals surface area contributed by atoms with Crippen molar-refractivity contribution in [1.82, 2.24) is 4.90 Å². The fourth-order valence-corrected chi connectivity index (χ4v) is 1.58. The van der Waals surface area contributed by atoms with E-state index < -0.39 is 0 Å². The summed E-state index contributed by atoms with van der Waals surface area (Å²) >= 11 is 0. The lowest BCUT2D eigenvalue weighted by atomic mass is 10.0. The number of amidine groups is 1. The van der Waals surface area contributed by atoms with E-state index in [-0.39, 0.29) is 0 Å². The average molecular weight is 178 g/mol. The highest BCUT2D eigenvalue weighted by Gasteiger charge is 2.28. The van der Waals surface area contributed by atoms with E-state index in [1.807, 2.05) is 13.8 Å². The molecular formula is C11H18N2. The molecule has 0 amide bonds. The quantitative estimate of drug-likeness (QED) is 0.555. The molecule has 2 rings (SSSR count). The lowest BCUT2D eigenvalue weighted by Gasteiger charge is -2.22. The molecule has 0 N–H and O–H groups in total. The van der Waals surface area contributed by atoms with Gasteiger partial charge in [0.15, 0.2) is 0 Å². The van der Waals surface area contributed by atoms with Gasteiger partial charge in [0, 0.05) is 7.05 Å². The first kappa shape index (κ1) is 10.0. The van der Waals surface area contributed by atoms with Crippen LogP contribution in [0.3, 0.4) is 0 Å². The van der Waals surface area contributed by atoms with Crippen molar-refractivity contribution >= 4 is 5.84 Å². The summed E-state index contributed by atoms with van der Waals surface area (Å²) < 4.78 is 0. The molecule has 0 aromatic heterocycles. The van der Waals surface area contributed by atoms with Crippen molar-refractivity contribution in [2.24, 2.45) is 4.99 Å². The summed E-state index contributed by atoms with van der Waals surface area (Å²) in [7, 11) is 2.09. The van der Waals surface area contributed by atoms with E-state index in [4.69, 9.17) is 0 Å². The van der Waals surface area contributed by atoms with Gasteiger partial charge in [0.05, 0.1) is 17.9 Å². The molecule has 0 aromatic rings. The molecule has 1 heterocycles. The van der Waals surface area contributed by atoms with Crippen molar-refractivity contribution in [2.75, 3.05) is 7.05 Å². The summed E-state index contributed by atoms with van der Waals surface area (Å²) in [5, 5.41) is 0. The standard InChI is InChI=1S/C9H12N2.C2H6/c1-7-10-8-5-3-4-6-9(8)11(7)2;1-2/h3-6,8-9H,1-2H3;1-2H3. The highest BCUT2D eigenvalue weighted by molar-refractivity contribution is 5.82. The van der Waals surface area contributed by atoms with Crippen molar-refractivity contribution in [3.8, 4) is 0 Å². The molecule has 2 nitrogen and oxygen atoms in total. The van der Waals surface area contributed by atoms with Crippen LogP contribution in [0.1, 0.15) is 20.8 Å². The average Bonchev–Trinajstić information content (AvgIpc) is 2.47. The van der Waals surface area contributed by atoms with E-state index in [1.54, 1.807) is 0 Å². The van der Waals surface area contributed by atoms with Gasteiger partial charge in [-0.2, -0.15) is 0 Å². The first-order chi connectivity index (χ1) is 6.29. The van der Waals surface area contributed by atoms with E-state index in [0.29, 0.717) is 12.1 Å². The second-order valence-electron chi connectivity index (χ2n) is 3.04. The van der Waals surface area contributed by atoms with Gasteiger partial charge < -0.3 is 4.90 Å². The number of rotatable bonds is 0. The Labute approximate surface area is 80.7 Å². The van der Waals surface area contributed by atoms with Crippen LogP contribution in [-0.2, 0) is 0 Å². The van der Waals surface area contributed by atoms with Gasteiger partial charge >= 0.3 is 0 Å². The third-order valence-electron chi connectivity index (χ3n) is 2.37. The molecular weight excluding hydrogens is 160 g/mol. The molecule has 1 aliphatic heterocycles. The lowest BCUT2D eigenvalue weighted by Crippen LogP contribution is -2.34. The third kappa shape index (κ3) is 1.82. The molecule has 0 radical (unpaired) electrons. The number of hydrogen-bond acceptors (Lipinski definition) is 2. The second kappa shape index (κ2) is 4.26. The number of hydrogen-bond donors (Lipinski definition) is 0. The molecule has 0 bridgehead atoms. The Morgan fingerprint density at radius 1 is 1.23 bits per heavy atom. The van der Waals surface area contributed by atoms with Gasteiger partial charge in [-0.15, -0.1) is 0 Å². The van der Waals surface area contributed by atoms with Crippen LogP contribution in [0.2, 0.25) is 0 Å². The number of likely N-dealkylation sites (N-methyl/N-ethyl adjacent to an activating group) is 1. The maximum atomic E-state index is 4.50. The molecule has 13 heavy (non-hydrogen) atoms. The zero-order chi connectivity index (χ0) is 9.84. The van der Waals surface area contributed by atoms with Crippen LogP contribution >= 0.6 is 0 Å². The summed E-state index contributed by atoms with van der Waals surface area (Å²) in [5.74, 6) is 1.14. The lowest BCUT2D eigenvalue weighted by molar-refractivity contribution is 0.435. The van der Waals surface area contributed by atoms with Crippen molar-refractivity contribution in [2.45, 2.75) is 32.9 Å². The number of nitrogens with zero attached hydrogens (tertiary/aromatic N) is 2. The molecule has 2 aliphatic rings. The van der Waals surface area contributed by atoms with E-state index in [1.165, 1.54) is 0 Å². The Morgan fingerprint density at radius 2 is 1.85 bits per heavy atom. The first-order valence-corrected chi connectivity index (χ1v) is 4.91. The van der Waals surface area contributed by atoms with Crippen LogP contribution in [0.4, 0.5) is 0 Å². The number of fused-ring (bicyclic) bond motifs is 1. The Hall–Kier alpha value is -1.05. The molecule has 0 saturated heterocycles. The minimum absolute atomic E-state index is 0.366. The summed E-state index contributed by atoms with van der Waals surface area (Å²) in [6, 6.07) is 0.838. The maximum Gasteiger partial charge on any atom is 0.0969 e. The highest BCUT2D eigenvalue weighted by Crippen LogP contribution is 2.20. The molecule has 72 valence electrons. The summed E-state index contributed by atoms with van der Waals surface area (Å²) in [6.07, 6.45) is 8.51. The topological polar surface area (TPSA) is 15.6 Å². The smallest absolute Gasteiger partial charge is 0.0969 e. The fraction of sp³-hybridized carbons (Fsp3) is 0.545. The minimum atomic E-state index is 0.366. The molecule has 0 fully saturated rings. The molecule has 2 unspecified atom stereocenters. The highest BCUT2D eigenvalue weighted by atomic mass is 15.3. The Kier molecular flexibility index (Phi) is 3.29. The molecule has 2 heteroatoms. The molecule has 0 spiro atoms. The maximum absolute atomic E-state index is 4.50. The normalized spacial score (nSPS) is 29.2. The van der Waals surface area contributed by atoms with Crippen LogP contribution in [0, 0.1) is 0 Å². The third-order valence-corrected chi connectivity index (χ3v) is 2.37. The van der Waals surface area contributed by atoms with Crippen LogP contribution in [0.5, 0.6) is 0 Å². The predicted molar refractivity (Wildman–Crippen MR) is 58.1 cm³/mol. The van der Waals surface area contributed by atoms with Crippen LogP contribution < -0.4 is 0 Å². The van der Waals surface area contributed by atoms with Gasteiger partial charge in [0.25, 0.3) is 0 Å². The molecule has 0 saturated carbocycles. The second-order valence-corrected chi connectivity index (χ2v) is 3.04. The van der Waals surface area contributed by atoms with Gasteiger partial charge in [0.2, 0.25) is 0 Å². The van der Waals surface area contributed by atoms with E-state index in [0.717, 1.165) is 5.84 Å². The zero-order valence-electron chi connectivity index (χ0n) is 8.86. The van der Waals surface area contributed by atoms with Crippen molar-refractivity contribution in [3.63, 3.8) is 0 Å². The summed E-state index contributed by atoms with van der Waals surface area (Å²) in [6.45, 7) is 6.06. The predicted octanol–water partition coefficient (Wildman–Crippen LogP) is 2.24. The van der Waals surface area contributed by atoms with Gasteiger partial charge in [-0.1, -0.05) is 38.2 Å². The minimum Gasteiger partial charge on any atom is -0.355 e. The SMILES string of the molecule is CC.CC1=NC2C=CC=CC2N1C. The van der Waals surface area contributed by atoms with Crippen LogP contribution in [0.25, 0.3) is 0 Å². The van der Waals surface area contributed by atoms with Crippen molar-refractivity contribution < 1.29 is 0 Å². The van der Waals surface area contributed by atoms with Gasteiger partial charge in [-0.3, -0.25) is 4.99 Å². The van der Waals surface area contributed by atoms with Crippen molar-refractivity contribution in [1.29, 1.82) is 0 Å². The first-order valence-electron chi connectivity index (χ1n) is 4.91. The number of allylic oxidation sites excluding steroid dienone is 2. The Balaban J connectivity index is 0.000000396. The fourth-order valence-electron chi connectivity index (χ4n) is 1.58. The summed E-state index contributed by atoms with van der Waals surface area (Å²) in [4.78, 5) is 6.71. The largest absolute Gasteiger partial charge is 0.355 e. The molecule has 0 aromatic carbocycles. The zero-order valence-corrected chi connectivity index (χ0v) is 8.86. The molecule has 2 atom stereocenters. The van der Waals surface area contributed by atoms with E-state index in [2.05, 4.69) is 48.2 Å². The molecule has 1 aliphatic carbocycles. The van der Waals surface area contributed by atoms with Crippen molar-refractivity contribution in [3.05, 3.63) is 24.3 Å². The van der Waals surface area contributed by atoms with Gasteiger partial charge in [0.1, 0.15) is 0 Å². The van der Waals surface area contributed by atoms with Crippen LogP contribution in [0.15, 0.2) is 29.3 Å². The van der Waals surface area contributed by atoms with Crippen LogP contribution in [-0.4, -0.2) is 29.9 Å². The van der Waals surface area contributed by atoms with Gasteiger partial charge in [-0.25, -0.2) is 0 Å². The number of aliphatic imine (C=N–C) groups is 1. The summed E-state index contributed by atoms with van der Waals surface area (Å²) in [5.41, 5.74) is 0. The Bertz CT molecular complexity index is 251. The van der Waals surface area contributed by atoms with E-state index >= 15 is 0 Å².